The first kappa shape index (κ1) is 12.3. The molecule has 1 amide bonds. The molecular weight excluding hydrogens is 254 g/mol. The van der Waals surface area contributed by atoms with Gasteiger partial charge < -0.3 is 0 Å². The number of benzene rings is 1. The Balaban J connectivity index is 2.06. The zero-order valence-electron chi connectivity index (χ0n) is 9.38. The summed E-state index contributed by atoms with van der Waals surface area (Å²) in [5.74, 6) is -0.165. The normalized spacial score (nSPS) is 10.1. The molecule has 0 fully saturated rings. The second-order valence-electron chi connectivity index (χ2n) is 3.42. The van der Waals surface area contributed by atoms with Crippen LogP contribution in [0.2, 0.25) is 5.02 Å². The van der Waals surface area contributed by atoms with Crippen LogP contribution in [0.25, 0.3) is 0 Å². The van der Waals surface area contributed by atoms with Crippen LogP contribution in [0.3, 0.4) is 0 Å². The summed E-state index contributed by atoms with van der Waals surface area (Å²) in [6, 6.07) is 6.51. The standard InChI is InChI=1S/C11H10ClN5O/c1-2-7-17-15-11(14-16-17)13-10(18)8-3-5-9(12)6-4-8/h2-6H,1,7H2,(H,13,15,18). The lowest BCUT2D eigenvalue weighted by Crippen LogP contribution is -2.13. The quantitative estimate of drug-likeness (QED) is 0.853. The number of nitrogens with zero attached hydrogens (tertiary/aromatic N) is 4. The summed E-state index contributed by atoms with van der Waals surface area (Å²) in [4.78, 5) is 13.1. The third kappa shape index (κ3) is 2.92. The fraction of sp³-hybridized carbons (Fsp3) is 0.0909. The maximum absolute atomic E-state index is 11.8. The average Bonchev–Trinajstić information content (AvgIpc) is 2.78. The van der Waals surface area contributed by atoms with Crippen LogP contribution in [0.5, 0.6) is 0 Å². The number of carbonyl (C=O) groups is 1. The molecule has 0 aliphatic heterocycles. The summed E-state index contributed by atoms with van der Waals surface area (Å²) >= 11 is 5.74. The number of carbonyl (C=O) groups excluding carboxylic acids is 1. The molecule has 92 valence electrons. The van der Waals surface area contributed by atoms with Gasteiger partial charge in [-0.3, -0.25) is 10.1 Å². The lowest BCUT2D eigenvalue weighted by molar-refractivity contribution is 0.102. The molecule has 0 atom stereocenters. The van der Waals surface area contributed by atoms with Crippen molar-refractivity contribution < 1.29 is 4.79 Å². The Bertz CT molecular complexity index is 563. The van der Waals surface area contributed by atoms with Gasteiger partial charge in [0.05, 0.1) is 6.54 Å². The van der Waals surface area contributed by atoms with Crippen molar-refractivity contribution in [3.05, 3.63) is 47.5 Å². The number of rotatable bonds is 4. The largest absolute Gasteiger partial charge is 0.288 e. The number of hydrogen-bond acceptors (Lipinski definition) is 4. The van der Waals surface area contributed by atoms with Crippen LogP contribution in [0.1, 0.15) is 10.4 Å². The molecule has 0 saturated carbocycles. The van der Waals surface area contributed by atoms with Gasteiger partial charge in [0.15, 0.2) is 0 Å². The van der Waals surface area contributed by atoms with E-state index in [4.69, 9.17) is 11.6 Å². The van der Waals surface area contributed by atoms with E-state index >= 15 is 0 Å². The van der Waals surface area contributed by atoms with Gasteiger partial charge in [-0.15, -0.1) is 11.7 Å². The zero-order valence-corrected chi connectivity index (χ0v) is 10.1. The molecule has 0 spiro atoms. The maximum Gasteiger partial charge on any atom is 0.270 e. The fourth-order valence-corrected chi connectivity index (χ4v) is 1.39. The third-order valence-corrected chi connectivity index (χ3v) is 2.33. The smallest absolute Gasteiger partial charge is 0.270 e. The highest BCUT2D eigenvalue weighted by molar-refractivity contribution is 6.30. The maximum atomic E-state index is 11.8. The Morgan fingerprint density at radius 2 is 2.17 bits per heavy atom. The number of tetrazole rings is 1. The van der Waals surface area contributed by atoms with Crippen LogP contribution in [0.4, 0.5) is 5.95 Å². The van der Waals surface area contributed by atoms with E-state index in [0.29, 0.717) is 17.1 Å². The van der Waals surface area contributed by atoms with Crippen molar-refractivity contribution in [2.75, 3.05) is 5.32 Å². The van der Waals surface area contributed by atoms with Crippen LogP contribution in [-0.2, 0) is 6.54 Å². The van der Waals surface area contributed by atoms with Crippen molar-refractivity contribution in [1.82, 2.24) is 20.2 Å². The molecule has 2 aromatic rings. The topological polar surface area (TPSA) is 72.7 Å². The lowest BCUT2D eigenvalue weighted by Gasteiger charge is -2.00. The summed E-state index contributed by atoms with van der Waals surface area (Å²) in [6.45, 7) is 3.99. The van der Waals surface area contributed by atoms with Crippen molar-refractivity contribution in [3.63, 3.8) is 0 Å². The van der Waals surface area contributed by atoms with Crippen molar-refractivity contribution in [2.24, 2.45) is 0 Å². The van der Waals surface area contributed by atoms with Gasteiger partial charge >= 0.3 is 0 Å². The molecule has 18 heavy (non-hydrogen) atoms. The van der Waals surface area contributed by atoms with Crippen LogP contribution in [0.15, 0.2) is 36.9 Å². The van der Waals surface area contributed by atoms with E-state index in [9.17, 15) is 4.79 Å². The van der Waals surface area contributed by atoms with Crippen LogP contribution in [-0.4, -0.2) is 26.1 Å². The first-order valence-corrected chi connectivity index (χ1v) is 5.52. The Hall–Kier alpha value is -2.21. The zero-order chi connectivity index (χ0) is 13.0. The Labute approximate surface area is 108 Å². The van der Waals surface area contributed by atoms with E-state index in [0.717, 1.165) is 0 Å². The van der Waals surface area contributed by atoms with Crippen molar-refractivity contribution in [3.8, 4) is 0 Å². The molecular formula is C11H10ClN5O. The van der Waals surface area contributed by atoms with Gasteiger partial charge in [-0.2, -0.15) is 4.80 Å². The average molecular weight is 264 g/mol. The molecule has 0 aliphatic carbocycles. The highest BCUT2D eigenvalue weighted by atomic mass is 35.5. The molecule has 0 aliphatic rings. The summed E-state index contributed by atoms with van der Waals surface area (Å²) in [7, 11) is 0. The van der Waals surface area contributed by atoms with Gasteiger partial charge in [0.1, 0.15) is 0 Å². The van der Waals surface area contributed by atoms with E-state index < -0.39 is 0 Å². The molecule has 0 bridgehead atoms. The summed E-state index contributed by atoms with van der Waals surface area (Å²) in [6.07, 6.45) is 1.63. The minimum absolute atomic E-state index is 0.150. The van der Waals surface area contributed by atoms with Crippen LogP contribution >= 0.6 is 11.6 Å². The number of amides is 1. The lowest BCUT2D eigenvalue weighted by atomic mass is 10.2. The number of aromatic nitrogens is 4. The minimum Gasteiger partial charge on any atom is -0.288 e. The molecule has 1 N–H and O–H groups in total. The van der Waals surface area contributed by atoms with Crippen molar-refractivity contribution in [1.29, 1.82) is 0 Å². The molecule has 0 saturated heterocycles. The third-order valence-electron chi connectivity index (χ3n) is 2.08. The van der Waals surface area contributed by atoms with E-state index in [2.05, 4.69) is 27.3 Å². The van der Waals surface area contributed by atoms with Crippen LogP contribution in [0, 0.1) is 0 Å². The predicted octanol–water partition coefficient (Wildman–Crippen LogP) is 1.76. The Morgan fingerprint density at radius 1 is 1.44 bits per heavy atom. The summed E-state index contributed by atoms with van der Waals surface area (Å²) in [5, 5.41) is 14.5. The second kappa shape index (κ2) is 5.42. The molecule has 7 heteroatoms. The van der Waals surface area contributed by atoms with Gasteiger partial charge in [0.2, 0.25) is 0 Å². The van der Waals surface area contributed by atoms with Gasteiger partial charge in [0, 0.05) is 10.6 Å². The molecule has 1 heterocycles. The van der Waals surface area contributed by atoms with Gasteiger partial charge in [0.25, 0.3) is 11.9 Å². The Morgan fingerprint density at radius 3 is 2.83 bits per heavy atom. The number of anilines is 1. The first-order chi connectivity index (χ1) is 8.69. The number of halogens is 1. The minimum atomic E-state index is -0.315. The molecule has 0 unspecified atom stereocenters. The van der Waals surface area contributed by atoms with Crippen LogP contribution < -0.4 is 5.32 Å². The Kier molecular flexibility index (Phi) is 3.69. The summed E-state index contributed by atoms with van der Waals surface area (Å²) < 4.78 is 0. The molecule has 1 aromatic heterocycles. The second-order valence-corrected chi connectivity index (χ2v) is 3.85. The predicted molar refractivity (Wildman–Crippen MR) is 67.4 cm³/mol. The molecule has 6 nitrogen and oxygen atoms in total. The van der Waals surface area contributed by atoms with E-state index in [1.54, 1.807) is 30.3 Å². The molecule has 0 radical (unpaired) electrons. The number of hydrogen-bond donors (Lipinski definition) is 1. The summed E-state index contributed by atoms with van der Waals surface area (Å²) in [5.41, 5.74) is 0.472. The SMILES string of the molecule is C=CCn1nnc(NC(=O)c2ccc(Cl)cc2)n1. The first-order valence-electron chi connectivity index (χ1n) is 5.14. The number of nitrogens with one attached hydrogen (secondary N) is 1. The van der Waals surface area contributed by atoms with Crippen molar-refractivity contribution >= 4 is 23.5 Å². The van der Waals surface area contributed by atoms with E-state index in [-0.39, 0.29) is 11.9 Å². The van der Waals surface area contributed by atoms with E-state index in [1.807, 2.05) is 0 Å². The highest BCUT2D eigenvalue weighted by Crippen LogP contribution is 2.10. The highest BCUT2D eigenvalue weighted by Gasteiger charge is 2.09. The van der Waals surface area contributed by atoms with E-state index in [1.165, 1.54) is 4.80 Å². The monoisotopic (exact) mass is 263 g/mol. The van der Waals surface area contributed by atoms with Gasteiger partial charge in [-0.25, -0.2) is 0 Å². The molecule has 2 rings (SSSR count). The van der Waals surface area contributed by atoms with Gasteiger partial charge in [-0.1, -0.05) is 22.8 Å². The van der Waals surface area contributed by atoms with Crippen molar-refractivity contribution in [2.45, 2.75) is 6.54 Å². The fourth-order valence-electron chi connectivity index (χ4n) is 1.26. The van der Waals surface area contributed by atoms with Gasteiger partial charge in [-0.05, 0) is 29.5 Å². The molecule has 1 aromatic carbocycles. The number of allylic oxidation sites excluding steroid dienone is 1.